The Kier molecular flexibility index (Phi) is 5.20. The van der Waals surface area contributed by atoms with Gasteiger partial charge in [-0.3, -0.25) is 4.79 Å². The molecule has 2 N–H and O–H groups in total. The number of carbonyl (C=O) groups excluding carboxylic acids is 1. The summed E-state index contributed by atoms with van der Waals surface area (Å²) >= 11 is 9.10. The van der Waals surface area contributed by atoms with Crippen molar-refractivity contribution < 1.29 is 9.18 Å². The van der Waals surface area contributed by atoms with Crippen LogP contribution in [0.1, 0.15) is 17.3 Å². The van der Waals surface area contributed by atoms with E-state index in [-0.39, 0.29) is 5.69 Å². The van der Waals surface area contributed by atoms with Crippen LogP contribution in [0.15, 0.2) is 40.9 Å². The molecule has 0 saturated heterocycles. The molecule has 2 aromatic rings. The summed E-state index contributed by atoms with van der Waals surface area (Å²) in [5.74, 6) is -0.931. The minimum Gasteiger partial charge on any atom is -0.385 e. The molecular weight excluding hydrogens is 359 g/mol. The molecule has 0 fully saturated rings. The molecule has 6 heteroatoms. The molecule has 2 rings (SSSR count). The van der Waals surface area contributed by atoms with E-state index < -0.39 is 11.7 Å². The Morgan fingerprint density at radius 3 is 2.62 bits per heavy atom. The predicted octanol–water partition coefficient (Wildman–Crippen LogP) is 4.93. The number of halogens is 3. The van der Waals surface area contributed by atoms with Crippen molar-refractivity contribution in [3.63, 3.8) is 0 Å². The Morgan fingerprint density at radius 1 is 1.24 bits per heavy atom. The van der Waals surface area contributed by atoms with Crippen molar-refractivity contribution in [3.8, 4) is 0 Å². The molecule has 0 aliphatic carbocycles. The second-order valence-electron chi connectivity index (χ2n) is 4.30. The first-order chi connectivity index (χ1) is 10.0. The summed E-state index contributed by atoms with van der Waals surface area (Å²) in [5, 5.41) is 6.06. The van der Waals surface area contributed by atoms with Crippen LogP contribution in [0.25, 0.3) is 0 Å². The van der Waals surface area contributed by atoms with E-state index in [4.69, 9.17) is 11.6 Å². The Hall–Kier alpha value is -1.59. The highest BCUT2D eigenvalue weighted by molar-refractivity contribution is 9.10. The third-order valence-corrected chi connectivity index (χ3v) is 3.50. The van der Waals surface area contributed by atoms with Crippen LogP contribution in [0.5, 0.6) is 0 Å². The number of anilines is 2. The third kappa shape index (κ3) is 3.95. The lowest BCUT2D eigenvalue weighted by molar-refractivity contribution is 0.102. The second kappa shape index (κ2) is 6.91. The average Bonchev–Trinajstić information content (AvgIpc) is 2.44. The maximum atomic E-state index is 13.8. The minimum atomic E-state index is -0.509. The van der Waals surface area contributed by atoms with Gasteiger partial charge in [-0.05, 0) is 43.3 Å². The number of nitrogens with one attached hydrogen (secondary N) is 2. The minimum absolute atomic E-state index is 0.116. The van der Waals surface area contributed by atoms with Gasteiger partial charge in [0.25, 0.3) is 5.91 Å². The highest BCUT2D eigenvalue weighted by atomic mass is 79.9. The number of benzene rings is 2. The maximum absolute atomic E-state index is 13.8. The lowest BCUT2D eigenvalue weighted by Gasteiger charge is -2.12. The summed E-state index contributed by atoms with van der Waals surface area (Å²) in [6.07, 6.45) is 0. The number of amides is 1. The molecule has 0 bridgehead atoms. The number of hydrogen-bond donors (Lipinski definition) is 2. The summed E-state index contributed by atoms with van der Waals surface area (Å²) in [6.45, 7) is 2.58. The average molecular weight is 372 g/mol. The van der Waals surface area contributed by atoms with Gasteiger partial charge in [0.05, 0.1) is 11.3 Å². The summed E-state index contributed by atoms with van der Waals surface area (Å²) in [4.78, 5) is 12.3. The predicted molar refractivity (Wildman–Crippen MR) is 87.7 cm³/mol. The molecule has 0 radical (unpaired) electrons. The van der Waals surface area contributed by atoms with E-state index in [0.29, 0.717) is 27.3 Å². The van der Waals surface area contributed by atoms with Gasteiger partial charge in [0, 0.05) is 21.7 Å². The number of rotatable bonds is 4. The summed E-state index contributed by atoms with van der Waals surface area (Å²) in [6, 6.07) is 9.40. The Bertz CT molecular complexity index is 679. The Balaban J connectivity index is 2.29. The van der Waals surface area contributed by atoms with Crippen LogP contribution in [0, 0.1) is 5.82 Å². The maximum Gasteiger partial charge on any atom is 0.257 e. The summed E-state index contributed by atoms with van der Waals surface area (Å²) in [5.41, 5.74) is 1.13. The standard InChI is InChI=1S/C15H13BrClFN2O/c1-2-19-13-6-4-10(17)8-11(13)15(21)20-14-5-3-9(16)7-12(14)18/h3-8,19H,2H2,1H3,(H,20,21). The Labute approximate surface area is 135 Å². The smallest absolute Gasteiger partial charge is 0.257 e. The fraction of sp³-hybridized carbons (Fsp3) is 0.133. The van der Waals surface area contributed by atoms with Crippen molar-refractivity contribution in [2.45, 2.75) is 6.92 Å². The molecular formula is C15H13BrClFN2O. The van der Waals surface area contributed by atoms with Gasteiger partial charge < -0.3 is 10.6 Å². The second-order valence-corrected chi connectivity index (χ2v) is 5.65. The van der Waals surface area contributed by atoms with Crippen molar-refractivity contribution in [2.24, 2.45) is 0 Å². The molecule has 1 amide bonds. The van der Waals surface area contributed by atoms with Crippen LogP contribution in [0.4, 0.5) is 15.8 Å². The molecule has 110 valence electrons. The van der Waals surface area contributed by atoms with E-state index in [1.165, 1.54) is 12.1 Å². The van der Waals surface area contributed by atoms with Crippen molar-refractivity contribution in [1.29, 1.82) is 0 Å². The molecule has 0 saturated carbocycles. The first-order valence-electron chi connectivity index (χ1n) is 6.31. The number of carbonyl (C=O) groups is 1. The summed E-state index contributed by atoms with van der Waals surface area (Å²) < 4.78 is 14.4. The van der Waals surface area contributed by atoms with Crippen molar-refractivity contribution in [1.82, 2.24) is 0 Å². The van der Waals surface area contributed by atoms with Crippen LogP contribution in [0.2, 0.25) is 5.02 Å². The molecule has 0 aliphatic heterocycles. The lowest BCUT2D eigenvalue weighted by atomic mass is 10.1. The van der Waals surface area contributed by atoms with Crippen LogP contribution < -0.4 is 10.6 Å². The topological polar surface area (TPSA) is 41.1 Å². The molecule has 0 heterocycles. The highest BCUT2D eigenvalue weighted by Crippen LogP contribution is 2.24. The van der Waals surface area contributed by atoms with Crippen molar-refractivity contribution in [3.05, 3.63) is 57.3 Å². The molecule has 0 aliphatic rings. The van der Waals surface area contributed by atoms with Crippen LogP contribution >= 0.6 is 27.5 Å². The van der Waals surface area contributed by atoms with E-state index in [9.17, 15) is 9.18 Å². The summed E-state index contributed by atoms with van der Waals surface area (Å²) in [7, 11) is 0. The fourth-order valence-corrected chi connectivity index (χ4v) is 2.33. The third-order valence-electron chi connectivity index (χ3n) is 2.77. The van der Waals surface area contributed by atoms with Gasteiger partial charge in [0.15, 0.2) is 0 Å². The fourth-order valence-electron chi connectivity index (χ4n) is 1.83. The molecule has 0 spiro atoms. The highest BCUT2D eigenvalue weighted by Gasteiger charge is 2.14. The normalized spacial score (nSPS) is 10.3. The van der Waals surface area contributed by atoms with Gasteiger partial charge >= 0.3 is 0 Å². The zero-order chi connectivity index (χ0) is 15.4. The van der Waals surface area contributed by atoms with Gasteiger partial charge in [-0.2, -0.15) is 0 Å². The van der Waals surface area contributed by atoms with Crippen molar-refractivity contribution >= 4 is 44.8 Å². The van der Waals surface area contributed by atoms with Gasteiger partial charge in [-0.25, -0.2) is 4.39 Å². The molecule has 21 heavy (non-hydrogen) atoms. The van der Waals surface area contributed by atoms with Crippen LogP contribution in [-0.4, -0.2) is 12.5 Å². The largest absolute Gasteiger partial charge is 0.385 e. The molecule has 2 aromatic carbocycles. The van der Waals surface area contributed by atoms with Crippen molar-refractivity contribution in [2.75, 3.05) is 17.2 Å². The monoisotopic (exact) mass is 370 g/mol. The van der Waals surface area contributed by atoms with E-state index >= 15 is 0 Å². The van der Waals surface area contributed by atoms with E-state index in [1.807, 2.05) is 6.92 Å². The molecule has 3 nitrogen and oxygen atoms in total. The molecule has 0 aromatic heterocycles. The lowest BCUT2D eigenvalue weighted by Crippen LogP contribution is -2.15. The van der Waals surface area contributed by atoms with Gasteiger partial charge in [0.2, 0.25) is 0 Å². The van der Waals surface area contributed by atoms with Crippen LogP contribution in [0.3, 0.4) is 0 Å². The van der Waals surface area contributed by atoms with E-state index in [1.54, 1.807) is 24.3 Å². The zero-order valence-electron chi connectivity index (χ0n) is 11.2. The van der Waals surface area contributed by atoms with Gasteiger partial charge in [-0.1, -0.05) is 27.5 Å². The first kappa shape index (κ1) is 15.8. The van der Waals surface area contributed by atoms with E-state index in [2.05, 4.69) is 26.6 Å². The Morgan fingerprint density at radius 2 is 1.95 bits per heavy atom. The SMILES string of the molecule is CCNc1ccc(Cl)cc1C(=O)Nc1ccc(Br)cc1F. The zero-order valence-corrected chi connectivity index (χ0v) is 13.6. The quantitative estimate of drug-likeness (QED) is 0.800. The van der Waals surface area contributed by atoms with Gasteiger partial charge in [-0.15, -0.1) is 0 Å². The van der Waals surface area contributed by atoms with E-state index in [0.717, 1.165) is 0 Å². The molecule has 0 atom stereocenters. The van der Waals surface area contributed by atoms with Gasteiger partial charge in [0.1, 0.15) is 5.82 Å². The number of hydrogen-bond acceptors (Lipinski definition) is 2. The first-order valence-corrected chi connectivity index (χ1v) is 7.48. The van der Waals surface area contributed by atoms with Crippen LogP contribution in [-0.2, 0) is 0 Å². The molecule has 0 unspecified atom stereocenters.